The molecule has 1 atom stereocenters. The summed E-state index contributed by atoms with van der Waals surface area (Å²) >= 11 is 0. The van der Waals surface area contributed by atoms with Crippen LogP contribution in [0.4, 0.5) is 11.4 Å². The molecule has 1 rings (SSSR count). The molecular formula is C15H21N3O2. The Labute approximate surface area is 119 Å². The number of carbonyl (C=O) groups excluding carboxylic acids is 2. The number of amides is 2. The van der Waals surface area contributed by atoms with E-state index in [4.69, 9.17) is 0 Å². The molecule has 0 fully saturated rings. The van der Waals surface area contributed by atoms with Crippen molar-refractivity contribution in [2.24, 2.45) is 0 Å². The smallest absolute Gasteiger partial charge is 0.242 e. The van der Waals surface area contributed by atoms with E-state index in [9.17, 15) is 9.59 Å². The molecule has 0 bridgehead atoms. The quantitative estimate of drug-likeness (QED) is 0.668. The second kappa shape index (κ2) is 7.99. The number of hydrogen-bond donors (Lipinski definition) is 3. The van der Waals surface area contributed by atoms with Crippen molar-refractivity contribution < 1.29 is 9.59 Å². The fourth-order valence-electron chi connectivity index (χ4n) is 1.54. The van der Waals surface area contributed by atoms with E-state index in [0.29, 0.717) is 13.0 Å². The summed E-state index contributed by atoms with van der Waals surface area (Å²) in [5.41, 5.74) is 1.56. The fraction of sp³-hybridized carbons (Fsp3) is 0.333. The Morgan fingerprint density at radius 2 is 1.85 bits per heavy atom. The molecule has 0 saturated carbocycles. The van der Waals surface area contributed by atoms with Gasteiger partial charge in [0.25, 0.3) is 0 Å². The average Bonchev–Trinajstić information content (AvgIpc) is 2.46. The summed E-state index contributed by atoms with van der Waals surface area (Å²) in [5.74, 6) is -0.115. The number of nitrogens with one attached hydrogen (secondary N) is 3. The van der Waals surface area contributed by atoms with Crippen LogP contribution in [-0.2, 0) is 9.59 Å². The van der Waals surface area contributed by atoms with Gasteiger partial charge in [-0.2, -0.15) is 0 Å². The second-order valence-corrected chi connectivity index (χ2v) is 4.38. The molecule has 1 aromatic rings. The van der Waals surface area contributed by atoms with Crippen molar-refractivity contribution in [2.45, 2.75) is 26.3 Å². The van der Waals surface area contributed by atoms with Gasteiger partial charge >= 0.3 is 0 Å². The zero-order valence-electron chi connectivity index (χ0n) is 11.9. The van der Waals surface area contributed by atoms with Crippen LogP contribution >= 0.6 is 0 Å². The van der Waals surface area contributed by atoms with Crippen LogP contribution in [0.1, 0.15) is 20.3 Å². The number of hydrogen-bond acceptors (Lipinski definition) is 3. The zero-order chi connectivity index (χ0) is 15.0. The molecule has 1 aromatic carbocycles. The molecule has 0 heterocycles. The molecular weight excluding hydrogens is 254 g/mol. The lowest BCUT2D eigenvalue weighted by atomic mass is 10.2. The highest BCUT2D eigenvalue weighted by Crippen LogP contribution is 2.14. The minimum absolute atomic E-state index is 0.0251. The second-order valence-electron chi connectivity index (χ2n) is 4.38. The summed E-state index contributed by atoms with van der Waals surface area (Å²) in [6.45, 7) is 7.58. The van der Waals surface area contributed by atoms with Crippen LogP contribution in [0.3, 0.4) is 0 Å². The highest BCUT2D eigenvalue weighted by molar-refractivity contribution is 5.90. The van der Waals surface area contributed by atoms with E-state index >= 15 is 0 Å². The van der Waals surface area contributed by atoms with Crippen molar-refractivity contribution in [3.8, 4) is 0 Å². The molecule has 20 heavy (non-hydrogen) atoms. The van der Waals surface area contributed by atoms with Crippen LogP contribution in [0.15, 0.2) is 36.9 Å². The first-order valence-electron chi connectivity index (χ1n) is 6.62. The molecule has 0 saturated heterocycles. The van der Waals surface area contributed by atoms with E-state index in [0.717, 1.165) is 11.4 Å². The summed E-state index contributed by atoms with van der Waals surface area (Å²) in [6.07, 6.45) is 2.08. The van der Waals surface area contributed by atoms with Crippen molar-refractivity contribution >= 4 is 23.2 Å². The van der Waals surface area contributed by atoms with Crippen LogP contribution in [0, 0.1) is 0 Å². The van der Waals surface area contributed by atoms with Gasteiger partial charge < -0.3 is 16.0 Å². The summed E-state index contributed by atoms with van der Waals surface area (Å²) in [4.78, 5) is 22.9. The lowest BCUT2D eigenvalue weighted by Crippen LogP contribution is -2.37. The van der Waals surface area contributed by atoms with E-state index in [2.05, 4.69) is 22.5 Å². The van der Waals surface area contributed by atoms with Crippen LogP contribution in [0.5, 0.6) is 0 Å². The third-order valence-electron chi connectivity index (χ3n) is 2.69. The molecule has 0 unspecified atom stereocenters. The fourth-order valence-corrected chi connectivity index (χ4v) is 1.54. The van der Waals surface area contributed by atoms with Gasteiger partial charge in [0.05, 0.1) is 0 Å². The van der Waals surface area contributed by atoms with Crippen LogP contribution < -0.4 is 16.0 Å². The number of carbonyl (C=O) groups is 2. The van der Waals surface area contributed by atoms with Crippen LogP contribution in [0.25, 0.3) is 0 Å². The molecule has 0 aliphatic rings. The molecule has 0 radical (unpaired) electrons. The lowest BCUT2D eigenvalue weighted by Gasteiger charge is -2.15. The first-order chi connectivity index (χ1) is 9.56. The van der Waals surface area contributed by atoms with E-state index in [1.165, 1.54) is 0 Å². The van der Waals surface area contributed by atoms with Crippen molar-refractivity contribution in [1.82, 2.24) is 5.32 Å². The zero-order valence-corrected chi connectivity index (χ0v) is 11.9. The maximum absolute atomic E-state index is 11.7. The topological polar surface area (TPSA) is 70.2 Å². The van der Waals surface area contributed by atoms with Crippen molar-refractivity contribution in [2.75, 3.05) is 17.2 Å². The Hall–Kier alpha value is -2.30. The average molecular weight is 275 g/mol. The lowest BCUT2D eigenvalue weighted by molar-refractivity contribution is -0.121. The maximum Gasteiger partial charge on any atom is 0.242 e. The van der Waals surface area contributed by atoms with Gasteiger partial charge in [0.2, 0.25) is 11.8 Å². The van der Waals surface area contributed by atoms with Gasteiger partial charge in [0, 0.05) is 24.3 Å². The van der Waals surface area contributed by atoms with Gasteiger partial charge in [0.15, 0.2) is 0 Å². The molecule has 2 amide bonds. The number of anilines is 2. The van der Waals surface area contributed by atoms with E-state index in [1.54, 1.807) is 32.1 Å². The van der Waals surface area contributed by atoms with E-state index in [-0.39, 0.29) is 17.9 Å². The Morgan fingerprint density at radius 1 is 1.25 bits per heavy atom. The molecule has 3 N–H and O–H groups in total. The number of benzene rings is 1. The largest absolute Gasteiger partial charge is 0.374 e. The molecule has 5 heteroatoms. The third-order valence-corrected chi connectivity index (χ3v) is 2.69. The maximum atomic E-state index is 11.7. The van der Waals surface area contributed by atoms with Gasteiger partial charge in [-0.25, -0.2) is 0 Å². The minimum Gasteiger partial charge on any atom is -0.374 e. The first kappa shape index (κ1) is 15.8. The number of rotatable bonds is 7. The summed E-state index contributed by atoms with van der Waals surface area (Å²) in [5, 5.41) is 8.57. The van der Waals surface area contributed by atoms with Gasteiger partial charge in [-0.1, -0.05) is 13.0 Å². The molecule has 5 nitrogen and oxygen atoms in total. The van der Waals surface area contributed by atoms with Gasteiger partial charge in [0.1, 0.15) is 6.04 Å². The Bertz CT molecular complexity index is 469. The molecule has 0 spiro atoms. The highest BCUT2D eigenvalue weighted by Gasteiger charge is 2.11. The normalized spacial score (nSPS) is 11.3. The minimum atomic E-state index is -0.342. The predicted molar refractivity (Wildman–Crippen MR) is 81.7 cm³/mol. The van der Waals surface area contributed by atoms with E-state index < -0.39 is 0 Å². The standard InChI is InChI=1S/C15H21N3O2/c1-4-10-16-15(20)11(3)17-12-6-8-13(9-7-12)18-14(19)5-2/h4,6-9,11,17H,1,5,10H2,2-3H3,(H,16,20)(H,18,19)/t11-/m1/s1. The highest BCUT2D eigenvalue weighted by atomic mass is 16.2. The van der Waals surface area contributed by atoms with Crippen LogP contribution in [-0.4, -0.2) is 24.4 Å². The molecule has 0 aromatic heterocycles. The summed E-state index contributed by atoms with van der Waals surface area (Å²) in [6, 6.07) is 6.89. The van der Waals surface area contributed by atoms with Crippen molar-refractivity contribution in [1.29, 1.82) is 0 Å². The molecule has 108 valence electrons. The van der Waals surface area contributed by atoms with Crippen LogP contribution in [0.2, 0.25) is 0 Å². The van der Waals surface area contributed by atoms with Gasteiger partial charge in [-0.3, -0.25) is 9.59 Å². The summed E-state index contributed by atoms with van der Waals surface area (Å²) in [7, 11) is 0. The van der Waals surface area contributed by atoms with Gasteiger partial charge in [-0.05, 0) is 31.2 Å². The van der Waals surface area contributed by atoms with E-state index in [1.807, 2.05) is 12.1 Å². The van der Waals surface area contributed by atoms with Crippen molar-refractivity contribution in [3.05, 3.63) is 36.9 Å². The van der Waals surface area contributed by atoms with Crippen molar-refractivity contribution in [3.63, 3.8) is 0 Å². The first-order valence-corrected chi connectivity index (χ1v) is 6.62. The third kappa shape index (κ3) is 5.14. The Balaban J connectivity index is 2.54. The Kier molecular flexibility index (Phi) is 6.29. The Morgan fingerprint density at radius 3 is 2.40 bits per heavy atom. The molecule has 0 aliphatic heterocycles. The van der Waals surface area contributed by atoms with Gasteiger partial charge in [-0.15, -0.1) is 6.58 Å². The summed E-state index contributed by atoms with van der Waals surface area (Å²) < 4.78 is 0. The monoisotopic (exact) mass is 275 g/mol. The molecule has 0 aliphatic carbocycles. The predicted octanol–water partition coefficient (Wildman–Crippen LogP) is 2.14. The SMILES string of the molecule is C=CCNC(=O)[C@@H](C)Nc1ccc(NC(=O)CC)cc1.